The second-order valence-electron chi connectivity index (χ2n) is 6.07. The molecule has 0 aliphatic carbocycles. The molecular formula is C16H18BrClN2O2. The van der Waals surface area contributed by atoms with Crippen LogP contribution in [0.1, 0.15) is 36.2 Å². The van der Waals surface area contributed by atoms with Crippen LogP contribution >= 0.6 is 28.3 Å². The highest BCUT2D eigenvalue weighted by Crippen LogP contribution is 2.27. The molecule has 2 N–H and O–H groups in total. The largest absolute Gasteiger partial charge is 0.451 e. The van der Waals surface area contributed by atoms with Gasteiger partial charge in [-0.2, -0.15) is 0 Å². The summed E-state index contributed by atoms with van der Waals surface area (Å²) in [6.07, 6.45) is 4.51. The van der Waals surface area contributed by atoms with E-state index >= 15 is 0 Å². The van der Waals surface area contributed by atoms with Gasteiger partial charge in [0.2, 0.25) is 0 Å². The zero-order chi connectivity index (χ0) is 14.4. The van der Waals surface area contributed by atoms with Crippen LogP contribution in [0.15, 0.2) is 33.2 Å². The molecule has 1 amide bonds. The van der Waals surface area contributed by atoms with Crippen molar-refractivity contribution < 1.29 is 9.21 Å². The number of amides is 1. The molecule has 2 atom stereocenters. The lowest BCUT2D eigenvalue weighted by atomic mass is 10.00. The fourth-order valence-electron chi connectivity index (χ4n) is 3.56. The van der Waals surface area contributed by atoms with Gasteiger partial charge in [-0.15, -0.1) is 12.4 Å². The van der Waals surface area contributed by atoms with Crippen LogP contribution in [-0.2, 0) is 0 Å². The van der Waals surface area contributed by atoms with E-state index in [1.54, 1.807) is 0 Å². The molecule has 3 heterocycles. The summed E-state index contributed by atoms with van der Waals surface area (Å²) in [5, 5.41) is 7.65. The number of benzene rings is 1. The molecule has 0 radical (unpaired) electrons. The van der Waals surface area contributed by atoms with E-state index in [0.717, 1.165) is 28.3 Å². The molecule has 0 spiro atoms. The Kier molecular flexibility index (Phi) is 4.48. The van der Waals surface area contributed by atoms with Gasteiger partial charge < -0.3 is 15.1 Å². The number of hydrogen-bond acceptors (Lipinski definition) is 3. The Labute approximate surface area is 143 Å². The van der Waals surface area contributed by atoms with Crippen molar-refractivity contribution in [1.29, 1.82) is 0 Å². The van der Waals surface area contributed by atoms with Crippen molar-refractivity contribution >= 4 is 45.2 Å². The average Bonchev–Trinajstić information content (AvgIpc) is 3.02. The van der Waals surface area contributed by atoms with Gasteiger partial charge in [0, 0.05) is 28.0 Å². The van der Waals surface area contributed by atoms with Crippen molar-refractivity contribution in [3.05, 3.63) is 34.5 Å². The number of carbonyl (C=O) groups excluding carboxylic acids is 1. The van der Waals surface area contributed by atoms with E-state index in [1.165, 1.54) is 12.8 Å². The predicted molar refractivity (Wildman–Crippen MR) is 91.6 cm³/mol. The highest BCUT2D eigenvalue weighted by Gasteiger charge is 2.34. The molecule has 2 aliphatic rings. The van der Waals surface area contributed by atoms with E-state index in [1.807, 2.05) is 24.3 Å². The minimum Gasteiger partial charge on any atom is -0.451 e. The summed E-state index contributed by atoms with van der Waals surface area (Å²) in [5.41, 5.74) is 0.744. The van der Waals surface area contributed by atoms with E-state index in [0.29, 0.717) is 17.8 Å². The Morgan fingerprint density at radius 2 is 1.95 bits per heavy atom. The van der Waals surface area contributed by atoms with Crippen LogP contribution in [-0.4, -0.2) is 24.0 Å². The van der Waals surface area contributed by atoms with Gasteiger partial charge in [0.1, 0.15) is 5.58 Å². The first-order chi connectivity index (χ1) is 10.2. The van der Waals surface area contributed by atoms with Gasteiger partial charge in [0.15, 0.2) is 5.76 Å². The number of nitrogens with one attached hydrogen (secondary N) is 2. The maximum Gasteiger partial charge on any atom is 0.287 e. The first-order valence-electron chi connectivity index (χ1n) is 7.43. The lowest BCUT2D eigenvalue weighted by Gasteiger charge is -2.29. The molecule has 4 rings (SSSR count). The number of furan rings is 1. The molecule has 2 bridgehead atoms. The number of hydrogen-bond donors (Lipinski definition) is 2. The number of halogens is 2. The SMILES string of the molecule is Cl.O=C(NC1CC2CCC(C1)N2)c1cc2cc(Br)ccc2o1. The smallest absolute Gasteiger partial charge is 0.287 e. The van der Waals surface area contributed by atoms with Gasteiger partial charge in [-0.3, -0.25) is 4.79 Å². The van der Waals surface area contributed by atoms with Crippen molar-refractivity contribution in [1.82, 2.24) is 10.6 Å². The first-order valence-corrected chi connectivity index (χ1v) is 8.23. The number of carbonyl (C=O) groups is 1. The van der Waals surface area contributed by atoms with Gasteiger partial charge in [0.05, 0.1) is 0 Å². The van der Waals surface area contributed by atoms with E-state index in [2.05, 4.69) is 26.6 Å². The maximum absolute atomic E-state index is 12.4. The minimum atomic E-state index is -0.103. The molecule has 22 heavy (non-hydrogen) atoms. The molecule has 2 unspecified atom stereocenters. The Morgan fingerprint density at radius 1 is 1.23 bits per heavy atom. The second kappa shape index (κ2) is 6.22. The van der Waals surface area contributed by atoms with Gasteiger partial charge in [0.25, 0.3) is 5.91 Å². The van der Waals surface area contributed by atoms with E-state index in [4.69, 9.17) is 4.42 Å². The van der Waals surface area contributed by atoms with Crippen molar-refractivity contribution in [2.24, 2.45) is 0 Å². The second-order valence-corrected chi connectivity index (χ2v) is 6.99. The van der Waals surface area contributed by atoms with Crippen LogP contribution in [0.4, 0.5) is 0 Å². The summed E-state index contributed by atoms with van der Waals surface area (Å²) >= 11 is 3.43. The van der Waals surface area contributed by atoms with Gasteiger partial charge >= 0.3 is 0 Å². The van der Waals surface area contributed by atoms with Crippen LogP contribution < -0.4 is 10.6 Å². The minimum absolute atomic E-state index is 0. The summed E-state index contributed by atoms with van der Waals surface area (Å²) in [7, 11) is 0. The lowest BCUT2D eigenvalue weighted by molar-refractivity contribution is 0.0898. The van der Waals surface area contributed by atoms with Crippen LogP contribution in [0.3, 0.4) is 0 Å². The summed E-state index contributed by atoms with van der Waals surface area (Å²) in [6, 6.07) is 8.96. The predicted octanol–water partition coefficient (Wildman–Crippen LogP) is 3.63. The standard InChI is InChI=1S/C16H17BrN2O2.ClH/c17-10-1-4-14-9(5-10)6-15(21-14)16(20)19-13-7-11-2-3-12(8-13)18-11;/h1,4-6,11-13,18H,2-3,7-8H2,(H,19,20);1H. The fraction of sp³-hybridized carbons (Fsp3) is 0.438. The summed E-state index contributed by atoms with van der Waals surface area (Å²) in [4.78, 5) is 12.4. The highest BCUT2D eigenvalue weighted by molar-refractivity contribution is 9.10. The normalized spacial score (nSPS) is 26.7. The Morgan fingerprint density at radius 3 is 2.68 bits per heavy atom. The van der Waals surface area contributed by atoms with E-state index in [9.17, 15) is 4.79 Å². The summed E-state index contributed by atoms with van der Waals surface area (Å²) < 4.78 is 6.63. The van der Waals surface area contributed by atoms with Gasteiger partial charge in [-0.05, 0) is 49.9 Å². The topological polar surface area (TPSA) is 54.3 Å². The van der Waals surface area contributed by atoms with Crippen LogP contribution in [0, 0.1) is 0 Å². The third-order valence-electron chi connectivity index (χ3n) is 4.51. The van der Waals surface area contributed by atoms with E-state index in [-0.39, 0.29) is 24.4 Å². The monoisotopic (exact) mass is 384 g/mol. The molecule has 2 fully saturated rings. The lowest BCUT2D eigenvalue weighted by Crippen LogP contribution is -2.47. The third-order valence-corrected chi connectivity index (χ3v) is 5.00. The molecule has 1 aromatic heterocycles. The number of fused-ring (bicyclic) bond motifs is 3. The van der Waals surface area contributed by atoms with Crippen molar-refractivity contribution in [2.75, 3.05) is 0 Å². The number of piperidine rings is 1. The van der Waals surface area contributed by atoms with Gasteiger partial charge in [-0.1, -0.05) is 15.9 Å². The molecule has 118 valence electrons. The Hall–Kier alpha value is -1.04. The molecule has 0 saturated carbocycles. The molecule has 4 nitrogen and oxygen atoms in total. The summed E-state index contributed by atoms with van der Waals surface area (Å²) in [5.74, 6) is 0.294. The molecule has 2 aromatic rings. The Balaban J connectivity index is 0.00000144. The average molecular weight is 386 g/mol. The quantitative estimate of drug-likeness (QED) is 0.830. The fourth-order valence-corrected chi connectivity index (χ4v) is 3.94. The molecule has 6 heteroatoms. The molecule has 2 saturated heterocycles. The first kappa shape index (κ1) is 15.8. The number of rotatable bonds is 2. The van der Waals surface area contributed by atoms with E-state index < -0.39 is 0 Å². The van der Waals surface area contributed by atoms with Crippen LogP contribution in [0.25, 0.3) is 11.0 Å². The third kappa shape index (κ3) is 3.03. The highest BCUT2D eigenvalue weighted by atomic mass is 79.9. The van der Waals surface area contributed by atoms with Gasteiger partial charge in [-0.25, -0.2) is 0 Å². The summed E-state index contributed by atoms with van der Waals surface area (Å²) in [6.45, 7) is 0. The molecular weight excluding hydrogens is 368 g/mol. The van der Waals surface area contributed by atoms with Crippen LogP contribution in [0.2, 0.25) is 0 Å². The zero-order valence-electron chi connectivity index (χ0n) is 12.0. The Bertz CT molecular complexity index is 691. The van der Waals surface area contributed by atoms with Crippen molar-refractivity contribution in [3.8, 4) is 0 Å². The van der Waals surface area contributed by atoms with Crippen molar-refractivity contribution in [3.63, 3.8) is 0 Å². The zero-order valence-corrected chi connectivity index (χ0v) is 14.4. The van der Waals surface area contributed by atoms with Crippen LogP contribution in [0.5, 0.6) is 0 Å². The molecule has 2 aliphatic heterocycles. The maximum atomic E-state index is 12.4. The van der Waals surface area contributed by atoms with Crippen molar-refractivity contribution in [2.45, 2.75) is 43.8 Å². The molecule has 1 aromatic carbocycles.